The average Bonchev–Trinajstić information content (AvgIpc) is 2.34. The van der Waals surface area contributed by atoms with E-state index < -0.39 is 0 Å². The van der Waals surface area contributed by atoms with Crippen LogP contribution in [0.4, 0.5) is 0 Å². The third-order valence-corrected chi connectivity index (χ3v) is 2.73. The van der Waals surface area contributed by atoms with E-state index in [1.165, 1.54) is 0 Å². The van der Waals surface area contributed by atoms with Gasteiger partial charge in [0.1, 0.15) is 0 Å². The molecule has 0 amide bonds. The first-order valence-electron chi connectivity index (χ1n) is 5.93. The molecule has 1 aromatic heterocycles. The van der Waals surface area contributed by atoms with E-state index in [1.807, 2.05) is 0 Å². The van der Waals surface area contributed by atoms with Crippen LogP contribution in [0.2, 0.25) is 0 Å². The van der Waals surface area contributed by atoms with E-state index in [0.717, 1.165) is 0 Å². The van der Waals surface area contributed by atoms with Crippen LogP contribution in [0.1, 0.15) is 30.6 Å². The fourth-order valence-electron chi connectivity index (χ4n) is 1.67. The van der Waals surface area contributed by atoms with Gasteiger partial charge in [-0.25, -0.2) is 0 Å². The molecule has 94 valence electrons. The fraction of sp³-hybridized carbons (Fsp3) is 0.538. The van der Waals surface area contributed by atoms with Crippen LogP contribution in [-0.4, -0.2) is 46.5 Å². The maximum absolute atomic E-state index is 11.8. The topological polar surface area (TPSA) is 53.4 Å². The van der Waals surface area contributed by atoms with Gasteiger partial charge in [-0.15, -0.1) is 0 Å². The van der Waals surface area contributed by atoms with Crippen molar-refractivity contribution in [1.29, 1.82) is 0 Å². The molecule has 1 N–H and O–H groups in total. The molecule has 1 rings (SSSR count). The summed E-state index contributed by atoms with van der Waals surface area (Å²) in [6.45, 7) is 5.53. The smallest absolute Gasteiger partial charge is 0.165 e. The molecule has 0 aliphatic rings. The number of aromatic nitrogens is 1. The zero-order chi connectivity index (χ0) is 12.7. The number of Topliss-reactive ketones (excluding diaryl/α,β-unsaturated/α-hetero) is 1. The lowest BCUT2D eigenvalue weighted by Gasteiger charge is -2.25. The summed E-state index contributed by atoms with van der Waals surface area (Å²) in [5.41, 5.74) is 0.653. The van der Waals surface area contributed by atoms with Gasteiger partial charge < -0.3 is 5.11 Å². The molecule has 4 heteroatoms. The maximum atomic E-state index is 11.8. The molecule has 0 atom stereocenters. The Morgan fingerprint density at radius 3 is 2.76 bits per heavy atom. The zero-order valence-electron chi connectivity index (χ0n) is 10.5. The number of ketones is 1. The molecule has 0 radical (unpaired) electrons. The Morgan fingerprint density at radius 2 is 2.24 bits per heavy atom. The van der Waals surface area contributed by atoms with Crippen LogP contribution in [0.15, 0.2) is 24.5 Å². The second-order valence-electron chi connectivity index (χ2n) is 4.27. The molecule has 1 heterocycles. The second kappa shape index (κ2) is 7.14. The summed E-state index contributed by atoms with van der Waals surface area (Å²) in [5.74, 6) is 0.0988. The molecule has 1 aromatic rings. The largest absolute Gasteiger partial charge is 0.395 e. The van der Waals surface area contributed by atoms with Gasteiger partial charge in [-0.1, -0.05) is 0 Å². The van der Waals surface area contributed by atoms with E-state index >= 15 is 0 Å². The van der Waals surface area contributed by atoms with Crippen molar-refractivity contribution in [3.05, 3.63) is 30.1 Å². The van der Waals surface area contributed by atoms with Gasteiger partial charge in [0.05, 0.1) is 6.61 Å². The van der Waals surface area contributed by atoms with Crippen LogP contribution < -0.4 is 0 Å². The highest BCUT2D eigenvalue weighted by Gasteiger charge is 2.12. The van der Waals surface area contributed by atoms with Gasteiger partial charge in [0.2, 0.25) is 0 Å². The lowest BCUT2D eigenvalue weighted by atomic mass is 10.1. The van der Waals surface area contributed by atoms with Crippen molar-refractivity contribution >= 4 is 5.78 Å². The summed E-state index contributed by atoms with van der Waals surface area (Å²) in [4.78, 5) is 17.9. The van der Waals surface area contributed by atoms with Gasteiger partial charge in [-0.3, -0.25) is 14.7 Å². The molecule has 0 bridgehead atoms. The maximum Gasteiger partial charge on any atom is 0.165 e. The fourth-order valence-corrected chi connectivity index (χ4v) is 1.67. The molecule has 0 saturated heterocycles. The average molecular weight is 236 g/mol. The molecule has 0 fully saturated rings. The summed E-state index contributed by atoms with van der Waals surface area (Å²) in [6, 6.07) is 3.88. The van der Waals surface area contributed by atoms with Crippen molar-refractivity contribution in [3.8, 4) is 0 Å². The Bertz CT molecular complexity index is 339. The summed E-state index contributed by atoms with van der Waals surface area (Å²) in [5, 5.41) is 8.93. The number of hydrogen-bond acceptors (Lipinski definition) is 4. The van der Waals surface area contributed by atoms with Crippen LogP contribution in [-0.2, 0) is 0 Å². The molecule has 0 aliphatic carbocycles. The van der Waals surface area contributed by atoms with Gasteiger partial charge in [-0.05, 0) is 26.0 Å². The predicted octanol–water partition coefficient (Wildman–Crippen LogP) is 1.36. The Hall–Kier alpha value is -1.26. The number of carbonyl (C=O) groups excluding carboxylic acids is 1. The molecular formula is C13H20N2O2. The van der Waals surface area contributed by atoms with Gasteiger partial charge >= 0.3 is 0 Å². The van der Waals surface area contributed by atoms with E-state index in [2.05, 4.69) is 23.7 Å². The lowest BCUT2D eigenvalue weighted by molar-refractivity contribution is 0.0943. The minimum absolute atomic E-state index is 0.0988. The number of rotatable bonds is 7. The van der Waals surface area contributed by atoms with E-state index in [9.17, 15) is 4.79 Å². The SMILES string of the molecule is CC(C)N(CCO)CCC(=O)c1cccnc1. The first-order chi connectivity index (χ1) is 8.15. The highest BCUT2D eigenvalue weighted by molar-refractivity contribution is 5.95. The van der Waals surface area contributed by atoms with Crippen LogP contribution in [0.5, 0.6) is 0 Å². The van der Waals surface area contributed by atoms with Gasteiger partial charge in [0, 0.05) is 43.5 Å². The number of hydrogen-bond donors (Lipinski definition) is 1. The molecule has 0 unspecified atom stereocenters. The summed E-state index contributed by atoms with van der Waals surface area (Å²) in [7, 11) is 0. The van der Waals surface area contributed by atoms with Gasteiger partial charge in [0.15, 0.2) is 5.78 Å². The third-order valence-electron chi connectivity index (χ3n) is 2.73. The zero-order valence-corrected chi connectivity index (χ0v) is 10.5. The molecule has 0 saturated carbocycles. The quantitative estimate of drug-likeness (QED) is 0.726. The highest BCUT2D eigenvalue weighted by atomic mass is 16.3. The molecule has 0 spiro atoms. The van der Waals surface area contributed by atoms with Crippen molar-refractivity contribution in [2.45, 2.75) is 26.3 Å². The molecular weight excluding hydrogens is 216 g/mol. The molecule has 0 aliphatic heterocycles. The monoisotopic (exact) mass is 236 g/mol. The van der Waals surface area contributed by atoms with Crippen LogP contribution in [0, 0.1) is 0 Å². The summed E-state index contributed by atoms with van der Waals surface area (Å²) >= 11 is 0. The van der Waals surface area contributed by atoms with Crippen LogP contribution in [0.25, 0.3) is 0 Å². The Morgan fingerprint density at radius 1 is 1.47 bits per heavy atom. The molecule has 4 nitrogen and oxygen atoms in total. The standard InChI is InChI=1S/C13H20N2O2/c1-11(2)15(8-9-16)7-5-13(17)12-4-3-6-14-10-12/h3-4,6,10-11,16H,5,7-9H2,1-2H3. The Kier molecular flexibility index (Phi) is 5.80. The minimum atomic E-state index is 0.0988. The normalized spacial score (nSPS) is 11.1. The van der Waals surface area contributed by atoms with E-state index in [4.69, 9.17) is 5.11 Å². The first-order valence-corrected chi connectivity index (χ1v) is 5.93. The van der Waals surface area contributed by atoms with Crippen molar-refractivity contribution in [1.82, 2.24) is 9.88 Å². The van der Waals surface area contributed by atoms with Crippen molar-refractivity contribution in [3.63, 3.8) is 0 Å². The van der Waals surface area contributed by atoms with Crippen molar-refractivity contribution in [2.24, 2.45) is 0 Å². The lowest BCUT2D eigenvalue weighted by Crippen LogP contribution is -2.35. The number of aliphatic hydroxyl groups excluding tert-OH is 1. The van der Waals surface area contributed by atoms with Crippen LogP contribution >= 0.6 is 0 Å². The van der Waals surface area contributed by atoms with Crippen LogP contribution in [0.3, 0.4) is 0 Å². The van der Waals surface area contributed by atoms with Gasteiger partial charge in [0.25, 0.3) is 0 Å². The van der Waals surface area contributed by atoms with Crippen molar-refractivity contribution < 1.29 is 9.90 Å². The Balaban J connectivity index is 2.47. The number of nitrogens with zero attached hydrogens (tertiary/aromatic N) is 2. The second-order valence-corrected chi connectivity index (χ2v) is 4.27. The van der Waals surface area contributed by atoms with E-state index in [0.29, 0.717) is 31.1 Å². The first kappa shape index (κ1) is 13.8. The Labute approximate surface area is 102 Å². The third kappa shape index (κ3) is 4.63. The predicted molar refractivity (Wildman–Crippen MR) is 67.0 cm³/mol. The highest BCUT2D eigenvalue weighted by Crippen LogP contribution is 2.04. The van der Waals surface area contributed by atoms with E-state index in [-0.39, 0.29) is 12.4 Å². The van der Waals surface area contributed by atoms with Gasteiger partial charge in [-0.2, -0.15) is 0 Å². The summed E-state index contributed by atoms with van der Waals surface area (Å²) < 4.78 is 0. The number of aliphatic hydroxyl groups is 1. The number of pyridine rings is 1. The van der Waals surface area contributed by atoms with E-state index in [1.54, 1.807) is 24.5 Å². The summed E-state index contributed by atoms with van der Waals surface area (Å²) in [6.07, 6.45) is 3.71. The van der Waals surface area contributed by atoms with Crippen molar-refractivity contribution in [2.75, 3.05) is 19.7 Å². The molecule has 0 aromatic carbocycles. The minimum Gasteiger partial charge on any atom is -0.395 e. The number of carbonyl (C=O) groups is 1. The molecule has 17 heavy (non-hydrogen) atoms.